The van der Waals surface area contributed by atoms with Crippen molar-refractivity contribution in [1.82, 2.24) is 20.0 Å². The van der Waals surface area contributed by atoms with E-state index < -0.39 is 42.5 Å². The molecule has 2 fully saturated rings. The number of imide groups is 1. The Labute approximate surface area is 170 Å². The predicted molar refractivity (Wildman–Crippen MR) is 96.7 cm³/mol. The fourth-order valence-electron chi connectivity index (χ4n) is 3.65. The highest BCUT2D eigenvalue weighted by Gasteiger charge is 2.51. The molecule has 164 valence electrons. The zero-order valence-corrected chi connectivity index (χ0v) is 16.5. The van der Waals surface area contributed by atoms with Crippen molar-refractivity contribution in [2.45, 2.75) is 25.1 Å². The Hall–Kier alpha value is -2.99. The second-order valence-corrected chi connectivity index (χ2v) is 7.40. The van der Waals surface area contributed by atoms with Crippen LogP contribution in [0.15, 0.2) is 4.99 Å². The molecule has 13 heteroatoms. The first-order chi connectivity index (χ1) is 14.0. The Morgan fingerprint density at radius 1 is 1.20 bits per heavy atom. The molecule has 30 heavy (non-hydrogen) atoms. The van der Waals surface area contributed by atoms with Crippen LogP contribution in [0.3, 0.4) is 0 Å². The number of carbonyl (C=O) groups excluding carboxylic acids is 4. The lowest BCUT2D eigenvalue weighted by molar-refractivity contribution is -0.520. The third kappa shape index (κ3) is 4.28. The molecule has 5 amide bonds. The number of nitrogens with one attached hydrogen (secondary N) is 1. The van der Waals surface area contributed by atoms with E-state index >= 15 is 0 Å². The summed E-state index contributed by atoms with van der Waals surface area (Å²) in [6.07, 6.45) is -2.62. The lowest BCUT2D eigenvalue weighted by Gasteiger charge is -2.33. The van der Waals surface area contributed by atoms with Gasteiger partial charge >= 0.3 is 12.2 Å². The minimum atomic E-state index is -4.47. The number of halogens is 3. The monoisotopic (exact) mass is 431 g/mol. The fraction of sp³-hybridized carbons (Fsp3) is 0.647. The molecule has 1 atom stereocenters. The third-order valence-corrected chi connectivity index (χ3v) is 5.40. The van der Waals surface area contributed by atoms with Crippen LogP contribution in [0.25, 0.3) is 0 Å². The van der Waals surface area contributed by atoms with E-state index in [2.05, 4.69) is 4.99 Å². The molecule has 2 saturated heterocycles. The summed E-state index contributed by atoms with van der Waals surface area (Å²) >= 11 is 0. The van der Waals surface area contributed by atoms with Gasteiger partial charge in [-0.05, 0) is 17.8 Å². The smallest absolute Gasteiger partial charge is 0.347 e. The molecule has 0 aliphatic carbocycles. The van der Waals surface area contributed by atoms with Gasteiger partial charge in [0.25, 0.3) is 30.0 Å². The van der Waals surface area contributed by atoms with Crippen LogP contribution in [0.2, 0.25) is 0 Å². The van der Waals surface area contributed by atoms with E-state index in [0.717, 1.165) is 4.90 Å². The van der Waals surface area contributed by atoms with Crippen LogP contribution in [0.5, 0.6) is 0 Å². The third-order valence-electron chi connectivity index (χ3n) is 5.40. The highest BCUT2D eigenvalue weighted by atomic mass is 19.4. The summed E-state index contributed by atoms with van der Waals surface area (Å²) < 4.78 is 38.1. The average molecular weight is 431 g/mol. The van der Waals surface area contributed by atoms with Crippen LogP contribution in [0.4, 0.5) is 18.0 Å². The van der Waals surface area contributed by atoms with Crippen LogP contribution < -0.4 is 5.32 Å². The number of likely N-dealkylation sites (N-methyl/N-ethyl adjacent to an activating group) is 2. The van der Waals surface area contributed by atoms with E-state index in [1.54, 1.807) is 0 Å². The predicted octanol–water partition coefficient (Wildman–Crippen LogP) is -0.751. The van der Waals surface area contributed by atoms with Gasteiger partial charge in [0.05, 0.1) is 0 Å². The molecule has 0 aromatic heterocycles. The standard InChI is InChI=1S/C17H21F3N6O4/c1-23-13-12(15(29)24(2)16(23)30)26(9-22-13)7-11(27)25-5-3-10(4-6-25)14(28)21-8-17(18,19)20/h9-10,12H,3-8H2,1-2H3/p+1. The normalized spacial score (nSPS) is 22.7. The molecule has 0 saturated carbocycles. The molecule has 0 aromatic rings. The number of urea groups is 1. The number of fused-ring (bicyclic) bond motifs is 1. The minimum Gasteiger partial charge on any atom is -0.347 e. The Morgan fingerprint density at radius 2 is 1.83 bits per heavy atom. The van der Waals surface area contributed by atoms with Crippen molar-refractivity contribution < 1.29 is 36.9 Å². The van der Waals surface area contributed by atoms with Gasteiger partial charge in [-0.25, -0.2) is 9.37 Å². The zero-order chi connectivity index (χ0) is 22.2. The van der Waals surface area contributed by atoms with E-state index in [1.165, 1.54) is 34.8 Å². The van der Waals surface area contributed by atoms with E-state index in [-0.39, 0.29) is 44.2 Å². The van der Waals surface area contributed by atoms with Crippen molar-refractivity contribution in [1.29, 1.82) is 0 Å². The maximum Gasteiger partial charge on any atom is 0.405 e. The summed E-state index contributed by atoms with van der Waals surface area (Å²) in [5, 5.41) is 1.87. The van der Waals surface area contributed by atoms with Crippen LogP contribution in [0, 0.1) is 5.92 Å². The largest absolute Gasteiger partial charge is 0.405 e. The summed E-state index contributed by atoms with van der Waals surface area (Å²) in [5.74, 6) is -1.80. The van der Waals surface area contributed by atoms with Crippen molar-refractivity contribution in [2.24, 2.45) is 10.9 Å². The minimum absolute atomic E-state index is 0.149. The first-order valence-corrected chi connectivity index (χ1v) is 9.34. The lowest BCUT2D eigenvalue weighted by atomic mass is 9.96. The van der Waals surface area contributed by atoms with Crippen LogP contribution in [-0.4, -0.2) is 108 Å². The molecule has 3 aliphatic heterocycles. The molecular formula is C17H22F3N6O4+. The molecule has 3 aliphatic rings. The van der Waals surface area contributed by atoms with Crippen LogP contribution in [0.1, 0.15) is 12.8 Å². The van der Waals surface area contributed by atoms with Gasteiger partial charge < -0.3 is 10.2 Å². The van der Waals surface area contributed by atoms with Gasteiger partial charge in [-0.3, -0.25) is 24.2 Å². The Morgan fingerprint density at radius 3 is 2.43 bits per heavy atom. The Balaban J connectivity index is 1.53. The number of aliphatic imine (C=N–C) groups is 1. The van der Waals surface area contributed by atoms with Crippen molar-refractivity contribution in [2.75, 3.05) is 40.3 Å². The molecule has 0 bridgehead atoms. The van der Waals surface area contributed by atoms with Crippen LogP contribution >= 0.6 is 0 Å². The fourth-order valence-corrected chi connectivity index (χ4v) is 3.65. The van der Waals surface area contributed by atoms with Gasteiger partial charge in [0.1, 0.15) is 6.54 Å². The number of carbonyl (C=O) groups is 4. The number of amidine groups is 1. The van der Waals surface area contributed by atoms with E-state index in [1.807, 2.05) is 5.32 Å². The molecule has 10 nitrogen and oxygen atoms in total. The number of alkyl halides is 3. The zero-order valence-electron chi connectivity index (χ0n) is 16.5. The van der Waals surface area contributed by atoms with Gasteiger partial charge in [-0.15, -0.1) is 0 Å². The summed E-state index contributed by atoms with van der Waals surface area (Å²) in [6, 6.07) is -1.38. The Kier molecular flexibility index (Phi) is 5.81. The van der Waals surface area contributed by atoms with Crippen LogP contribution in [-0.2, 0) is 14.4 Å². The first kappa shape index (κ1) is 21.7. The van der Waals surface area contributed by atoms with Gasteiger partial charge in [-0.1, -0.05) is 0 Å². The number of amides is 5. The molecule has 0 aromatic carbocycles. The highest BCUT2D eigenvalue weighted by molar-refractivity contribution is 6.21. The molecule has 1 unspecified atom stereocenters. The maximum absolute atomic E-state index is 12.7. The van der Waals surface area contributed by atoms with Crippen molar-refractivity contribution in [3.05, 3.63) is 0 Å². The summed E-state index contributed by atoms with van der Waals surface area (Å²) in [5.41, 5.74) is 0. The number of hydrogen-bond acceptors (Lipinski definition) is 5. The number of nitrogens with zero attached hydrogens (tertiary/aromatic N) is 5. The number of rotatable bonds is 4. The van der Waals surface area contributed by atoms with Gasteiger partial charge in [0.15, 0.2) is 6.54 Å². The van der Waals surface area contributed by atoms with Crippen molar-refractivity contribution in [3.63, 3.8) is 0 Å². The Bertz CT molecular complexity index is 832. The molecular weight excluding hydrogens is 409 g/mol. The highest BCUT2D eigenvalue weighted by Crippen LogP contribution is 2.20. The van der Waals surface area contributed by atoms with Crippen molar-refractivity contribution >= 4 is 35.9 Å². The van der Waals surface area contributed by atoms with Crippen molar-refractivity contribution in [3.8, 4) is 0 Å². The van der Waals surface area contributed by atoms with E-state index in [0.29, 0.717) is 0 Å². The second kappa shape index (κ2) is 8.03. The molecule has 3 heterocycles. The maximum atomic E-state index is 12.7. The number of likely N-dealkylation sites (tertiary alicyclic amines) is 1. The number of piperidine rings is 1. The van der Waals surface area contributed by atoms with E-state index in [4.69, 9.17) is 0 Å². The van der Waals surface area contributed by atoms with E-state index in [9.17, 15) is 32.3 Å². The first-order valence-electron chi connectivity index (χ1n) is 9.34. The molecule has 0 spiro atoms. The molecule has 1 N–H and O–H groups in total. The van der Waals surface area contributed by atoms with Gasteiger partial charge in [-0.2, -0.15) is 13.2 Å². The lowest BCUT2D eigenvalue weighted by Crippen LogP contribution is -2.62. The quantitative estimate of drug-likeness (QED) is 0.592. The van der Waals surface area contributed by atoms with Gasteiger partial charge in [0.2, 0.25) is 5.91 Å². The summed E-state index contributed by atoms with van der Waals surface area (Å²) in [4.78, 5) is 56.8. The molecule has 3 rings (SSSR count). The summed E-state index contributed by atoms with van der Waals surface area (Å²) in [7, 11) is 2.84. The average Bonchev–Trinajstić information content (AvgIpc) is 3.12. The SMILES string of the molecule is CN1C(=O)C2C(=NC=[N+]2CC(=O)N2CCC(C(=O)NCC(F)(F)F)CC2)N(C)C1=O. The van der Waals surface area contributed by atoms with Gasteiger partial charge in [0, 0.05) is 33.1 Å². The molecule has 0 radical (unpaired) electrons. The second-order valence-electron chi connectivity index (χ2n) is 7.40. The summed E-state index contributed by atoms with van der Waals surface area (Å²) in [6.45, 7) is -1.08. The number of hydrogen-bond donors (Lipinski definition) is 1. The topological polar surface area (TPSA) is 105 Å².